The lowest BCUT2D eigenvalue weighted by atomic mass is 10.1. The molecule has 15 rings (SSSR count). The topological polar surface area (TPSA) is 213 Å². The van der Waals surface area contributed by atoms with Crippen LogP contribution in [0.5, 0.6) is 0 Å². The lowest BCUT2D eigenvalue weighted by Gasteiger charge is -2.40. The van der Waals surface area contributed by atoms with E-state index in [0.29, 0.717) is 70.6 Å². The van der Waals surface area contributed by atoms with Gasteiger partial charge in [-0.3, -0.25) is 61.6 Å². The van der Waals surface area contributed by atoms with Crippen molar-refractivity contribution in [3.05, 3.63) is 175 Å². The number of pyridine rings is 3. The summed E-state index contributed by atoms with van der Waals surface area (Å²) >= 11 is 0. The van der Waals surface area contributed by atoms with Gasteiger partial charge >= 0.3 is 0 Å². The summed E-state index contributed by atoms with van der Waals surface area (Å²) in [6, 6.07) is 22.3. The Bertz CT molecular complexity index is 5070. The van der Waals surface area contributed by atoms with E-state index in [1.807, 2.05) is 126 Å². The van der Waals surface area contributed by atoms with Crippen molar-refractivity contribution < 1.29 is 13.2 Å². The van der Waals surface area contributed by atoms with Crippen LogP contribution in [-0.2, 0) is 19.3 Å². The van der Waals surface area contributed by atoms with Gasteiger partial charge in [-0.25, -0.2) is 37.3 Å². The third-order valence-corrected chi connectivity index (χ3v) is 18.7. The average Bonchev–Trinajstić information content (AvgIpc) is 1.38. The fourth-order valence-corrected chi connectivity index (χ4v) is 13.5. The predicted octanol–water partition coefficient (Wildman–Crippen LogP) is 7.88. The molecule has 0 bridgehead atoms. The van der Waals surface area contributed by atoms with Crippen LogP contribution < -0.4 is 31.4 Å². The minimum Gasteiger partial charge on any atom is -0.368 e. The molecule has 0 unspecified atom stereocenters. The second-order valence-electron chi connectivity index (χ2n) is 25.3. The Balaban J connectivity index is 0.000000132. The van der Waals surface area contributed by atoms with E-state index < -0.39 is 0 Å². The van der Waals surface area contributed by atoms with Crippen LogP contribution in [0.3, 0.4) is 0 Å². The molecule has 27 heteroatoms. The summed E-state index contributed by atoms with van der Waals surface area (Å²) in [5.74, 6) is 0. The molecule has 12 aromatic rings. The predicted molar refractivity (Wildman–Crippen MR) is 376 cm³/mol. The summed E-state index contributed by atoms with van der Waals surface area (Å²) < 4.78 is 47.9. The number of alkyl halides is 3. The van der Waals surface area contributed by atoms with Crippen LogP contribution in [0.25, 0.3) is 67.7 Å². The van der Waals surface area contributed by atoms with Crippen molar-refractivity contribution >= 4 is 50.6 Å². The number of halogens is 3. The monoisotopic (exact) mass is 1330 g/mol. The van der Waals surface area contributed by atoms with Gasteiger partial charge in [0.1, 0.15) is 47.4 Å². The quantitative estimate of drug-likeness (QED) is 0.0900. The molecule has 1 atom stereocenters. The molecule has 3 saturated heterocycles. The third kappa shape index (κ3) is 14.1. The number of hydrogen-bond donors (Lipinski definition) is 0. The normalized spacial score (nSPS) is 15.9. The lowest BCUT2D eigenvalue weighted by molar-refractivity contribution is 0.175. The molecule has 0 aromatic carbocycles. The minimum atomic E-state index is -0.327. The number of aromatic nitrogens is 15. The Labute approximate surface area is 563 Å². The number of hydrogen-bond acceptors (Lipinski definition) is 18. The molecule has 0 N–H and O–H groups in total. The highest BCUT2D eigenvalue weighted by Gasteiger charge is 2.26. The second-order valence-corrected chi connectivity index (χ2v) is 25.3. The number of fused-ring (bicyclic) bond motifs is 6. The van der Waals surface area contributed by atoms with Gasteiger partial charge in [-0.15, -0.1) is 0 Å². The van der Waals surface area contributed by atoms with Crippen LogP contribution in [0.1, 0.15) is 68.3 Å². The molecule has 98 heavy (non-hydrogen) atoms. The smallest absolute Gasteiger partial charge is 0.258 e. The molecule has 0 radical (unpaired) electrons. The standard InChI is InChI=1S/2C24H28FN7O.C23H26FN7O/c1-4-19-22-11-21(28-32(22)13-16(2)26-19)20-12-24(33)31-15-18(5-6-23(31)27-20)30-10-9-29(8-7-25)17(3)14-30;1-3-19-22-13-21(28-32(22)15-17(2)26-19)20-14-24(33)31-16-18(5-6-23(31)27-20)30-11-9-29(10-12-30)8-4-7-25;1-3-18-21-12-20(27-31(21)14-16(2)25-18)19-13-23(32)30-15-17(4-5-22(30)26-19)29-10-8-28(7-6-24)9-11-29/h5-6,11-13,15,17H,4,7-10,14H2,1-3H3;5-6,13-16H,3-4,7-12H2,1-2H3;4-5,12-15H,3,6-11H2,1-2H3/t17-;;/m1../s1. The van der Waals surface area contributed by atoms with E-state index in [1.165, 1.54) is 12.1 Å². The minimum absolute atomic E-state index is 0.138. The first-order valence-electron chi connectivity index (χ1n) is 33.9. The van der Waals surface area contributed by atoms with Crippen molar-refractivity contribution in [2.24, 2.45) is 0 Å². The van der Waals surface area contributed by atoms with Crippen LogP contribution in [0.15, 0.2) is 124 Å². The third-order valence-electron chi connectivity index (χ3n) is 18.7. The van der Waals surface area contributed by atoms with Crippen molar-refractivity contribution in [2.45, 2.75) is 80.2 Å². The molecule has 12 aromatic heterocycles. The van der Waals surface area contributed by atoms with Crippen molar-refractivity contribution in [2.75, 3.05) is 126 Å². The van der Waals surface area contributed by atoms with Crippen molar-refractivity contribution in [1.82, 2.24) is 86.6 Å². The summed E-state index contributed by atoms with van der Waals surface area (Å²) in [6.07, 6.45) is 14.2. The highest BCUT2D eigenvalue weighted by Crippen LogP contribution is 2.27. The molecule has 510 valence electrons. The van der Waals surface area contributed by atoms with Gasteiger partial charge in [0.15, 0.2) is 0 Å². The van der Waals surface area contributed by atoms with Crippen LogP contribution in [0.4, 0.5) is 30.2 Å². The van der Waals surface area contributed by atoms with E-state index >= 15 is 0 Å². The van der Waals surface area contributed by atoms with E-state index in [-0.39, 0.29) is 42.7 Å². The van der Waals surface area contributed by atoms with E-state index in [9.17, 15) is 27.6 Å². The maximum absolute atomic E-state index is 13.0. The number of rotatable bonds is 16. The fraction of sp³-hybridized carbons (Fsp3) is 0.408. The van der Waals surface area contributed by atoms with E-state index in [0.717, 1.165) is 166 Å². The molecular weight excluding hydrogens is 1250 g/mol. The molecule has 0 aliphatic carbocycles. The first kappa shape index (κ1) is 66.6. The largest absolute Gasteiger partial charge is 0.368 e. The SMILES string of the molecule is CCc1nc(C)cn2nc(-c3cc(=O)n4cc(N5CCN(CCCF)CC5)ccc4n3)cc12.CCc1nc(C)cn2nc(-c3cc(=O)n4cc(N5CCN(CCF)CC5)ccc4n3)cc12.CCc1nc(C)cn2nc(-c3cc(=O)n4cc(N5CCN(CCF)[C@H](C)C5)ccc4n3)cc12. The molecule has 0 amide bonds. The summed E-state index contributed by atoms with van der Waals surface area (Å²) in [5, 5.41) is 13.9. The summed E-state index contributed by atoms with van der Waals surface area (Å²) in [6.45, 7) is 24.1. The molecule has 3 aliphatic rings. The summed E-state index contributed by atoms with van der Waals surface area (Å²) in [5.41, 5.74) is 16.2. The number of nitrogens with zero attached hydrogens (tertiary/aromatic N) is 21. The fourth-order valence-electron chi connectivity index (χ4n) is 13.5. The first-order chi connectivity index (χ1) is 47.6. The molecule has 3 fully saturated rings. The van der Waals surface area contributed by atoms with Crippen LogP contribution in [-0.4, -0.2) is 204 Å². The van der Waals surface area contributed by atoms with Gasteiger partial charge in [0.25, 0.3) is 16.7 Å². The average molecular weight is 1330 g/mol. The Morgan fingerprint density at radius 2 is 0.755 bits per heavy atom. The summed E-state index contributed by atoms with van der Waals surface area (Å²) in [7, 11) is 0. The Morgan fingerprint density at radius 1 is 0.398 bits per heavy atom. The molecule has 0 spiro atoms. The number of anilines is 3. The van der Waals surface area contributed by atoms with Gasteiger partial charge in [-0.05, 0) is 108 Å². The van der Waals surface area contributed by atoms with Gasteiger partial charge in [-0.1, -0.05) is 20.8 Å². The Morgan fingerprint density at radius 3 is 1.10 bits per heavy atom. The van der Waals surface area contributed by atoms with Crippen LogP contribution in [0.2, 0.25) is 0 Å². The Kier molecular flexibility index (Phi) is 19.7. The molecule has 3 aliphatic heterocycles. The highest BCUT2D eigenvalue weighted by atomic mass is 19.1. The van der Waals surface area contributed by atoms with Gasteiger partial charge in [0.2, 0.25) is 0 Å². The number of piperazine rings is 3. The zero-order valence-electron chi connectivity index (χ0n) is 56.6. The van der Waals surface area contributed by atoms with E-state index in [1.54, 1.807) is 19.3 Å². The van der Waals surface area contributed by atoms with Crippen molar-refractivity contribution in [3.8, 4) is 34.2 Å². The second kappa shape index (κ2) is 29.0. The molecule has 24 nitrogen and oxygen atoms in total. The zero-order chi connectivity index (χ0) is 68.3. The molecule has 15 heterocycles. The van der Waals surface area contributed by atoms with Crippen LogP contribution in [0, 0.1) is 20.8 Å². The van der Waals surface area contributed by atoms with Gasteiger partial charge < -0.3 is 14.7 Å². The van der Waals surface area contributed by atoms with E-state index in [2.05, 4.69) is 87.3 Å². The van der Waals surface area contributed by atoms with Crippen LogP contribution >= 0.6 is 0 Å². The maximum atomic E-state index is 13.0. The highest BCUT2D eigenvalue weighted by molar-refractivity contribution is 5.70. The maximum Gasteiger partial charge on any atom is 0.258 e. The molecular formula is C71H82F3N21O3. The van der Waals surface area contributed by atoms with Gasteiger partial charge in [-0.2, -0.15) is 15.3 Å². The van der Waals surface area contributed by atoms with Gasteiger partial charge in [0, 0.05) is 134 Å². The van der Waals surface area contributed by atoms with Gasteiger partial charge in [0.05, 0.1) is 110 Å². The zero-order valence-corrected chi connectivity index (χ0v) is 56.6. The lowest BCUT2D eigenvalue weighted by Crippen LogP contribution is -2.52. The Hall–Kier alpha value is -9.99. The van der Waals surface area contributed by atoms with E-state index in [4.69, 9.17) is 15.0 Å². The molecule has 0 saturated carbocycles. The van der Waals surface area contributed by atoms with Crippen molar-refractivity contribution in [3.63, 3.8) is 0 Å². The van der Waals surface area contributed by atoms with Crippen molar-refractivity contribution in [1.29, 1.82) is 0 Å². The first-order valence-corrected chi connectivity index (χ1v) is 33.9. The number of aryl methyl sites for hydroxylation is 6. The summed E-state index contributed by atoms with van der Waals surface area (Å²) in [4.78, 5) is 80.1.